The number of nitrogens with two attached hydrogens (primary N) is 1. The minimum atomic E-state index is -0.480. The molecule has 2 heterocycles. The highest BCUT2D eigenvalue weighted by atomic mass is 16.2. The first-order valence-electron chi connectivity index (χ1n) is 9.57. The van der Waals surface area contributed by atoms with Gasteiger partial charge in [0.2, 0.25) is 5.91 Å². The zero-order valence-electron chi connectivity index (χ0n) is 16.4. The molecule has 0 atom stereocenters. The molecule has 0 saturated carbocycles. The van der Waals surface area contributed by atoms with E-state index in [2.05, 4.69) is 15.6 Å². The molecule has 0 aliphatic carbocycles. The standard InChI is InChI=1S/C21H25N5O3/c1-14-12-17(6-9-23-14)20(28)26-10-7-18(8-11-26)25-21(29)24-13-15-2-4-16(5-3-15)19(22)27/h2-6,9,12,18H,7-8,10-11,13H2,1H3,(H2,22,27)(H2,24,25,29). The van der Waals surface area contributed by atoms with Crippen LogP contribution in [0.25, 0.3) is 0 Å². The maximum Gasteiger partial charge on any atom is 0.315 e. The number of pyridine rings is 1. The van der Waals surface area contributed by atoms with Crippen molar-refractivity contribution < 1.29 is 14.4 Å². The molecule has 0 radical (unpaired) electrons. The minimum Gasteiger partial charge on any atom is -0.366 e. The largest absolute Gasteiger partial charge is 0.366 e. The van der Waals surface area contributed by atoms with Crippen LogP contribution in [0.2, 0.25) is 0 Å². The summed E-state index contributed by atoms with van der Waals surface area (Å²) in [7, 11) is 0. The van der Waals surface area contributed by atoms with Gasteiger partial charge in [0.25, 0.3) is 5.91 Å². The monoisotopic (exact) mass is 395 g/mol. The van der Waals surface area contributed by atoms with Gasteiger partial charge in [-0.3, -0.25) is 14.6 Å². The van der Waals surface area contributed by atoms with Crippen molar-refractivity contribution in [3.63, 3.8) is 0 Å². The topological polar surface area (TPSA) is 117 Å². The van der Waals surface area contributed by atoms with Crippen LogP contribution < -0.4 is 16.4 Å². The van der Waals surface area contributed by atoms with Crippen molar-refractivity contribution in [2.24, 2.45) is 5.73 Å². The third-order valence-electron chi connectivity index (χ3n) is 4.95. The minimum absolute atomic E-state index is 0.00203. The number of aromatic nitrogens is 1. The molecular weight excluding hydrogens is 370 g/mol. The molecule has 3 rings (SSSR count). The second-order valence-corrected chi connectivity index (χ2v) is 7.14. The number of urea groups is 1. The lowest BCUT2D eigenvalue weighted by atomic mass is 10.0. The maximum absolute atomic E-state index is 12.6. The third kappa shape index (κ3) is 5.54. The molecule has 1 fully saturated rings. The van der Waals surface area contributed by atoms with E-state index in [1.54, 1.807) is 42.6 Å². The maximum atomic E-state index is 12.6. The van der Waals surface area contributed by atoms with E-state index in [0.29, 0.717) is 43.6 Å². The molecule has 0 bridgehead atoms. The van der Waals surface area contributed by atoms with Gasteiger partial charge in [0.15, 0.2) is 0 Å². The highest BCUT2D eigenvalue weighted by molar-refractivity contribution is 5.94. The van der Waals surface area contributed by atoms with Crippen molar-refractivity contribution >= 4 is 17.8 Å². The van der Waals surface area contributed by atoms with Gasteiger partial charge in [-0.05, 0) is 49.6 Å². The van der Waals surface area contributed by atoms with E-state index in [4.69, 9.17) is 5.73 Å². The smallest absolute Gasteiger partial charge is 0.315 e. The first-order valence-corrected chi connectivity index (χ1v) is 9.57. The fraction of sp³-hybridized carbons (Fsp3) is 0.333. The summed E-state index contributed by atoms with van der Waals surface area (Å²) in [4.78, 5) is 41.7. The molecule has 0 unspecified atom stereocenters. The molecule has 1 aromatic heterocycles. The summed E-state index contributed by atoms with van der Waals surface area (Å²) in [6.45, 7) is 3.40. The summed E-state index contributed by atoms with van der Waals surface area (Å²) in [5.41, 5.74) is 7.97. The van der Waals surface area contributed by atoms with Gasteiger partial charge in [-0.25, -0.2) is 4.79 Å². The van der Waals surface area contributed by atoms with Gasteiger partial charge in [-0.15, -0.1) is 0 Å². The quantitative estimate of drug-likeness (QED) is 0.712. The van der Waals surface area contributed by atoms with Crippen LogP contribution in [0.15, 0.2) is 42.6 Å². The molecule has 8 heteroatoms. The molecule has 4 N–H and O–H groups in total. The highest BCUT2D eigenvalue weighted by Crippen LogP contribution is 2.14. The van der Waals surface area contributed by atoms with E-state index in [-0.39, 0.29) is 18.0 Å². The van der Waals surface area contributed by atoms with Crippen LogP contribution in [0.3, 0.4) is 0 Å². The predicted octanol–water partition coefficient (Wildman–Crippen LogP) is 1.59. The van der Waals surface area contributed by atoms with Gasteiger partial charge in [0.1, 0.15) is 0 Å². The van der Waals surface area contributed by atoms with Crippen LogP contribution in [0.1, 0.15) is 44.8 Å². The van der Waals surface area contributed by atoms with E-state index in [1.165, 1.54) is 0 Å². The summed E-state index contributed by atoms with van der Waals surface area (Å²) in [6.07, 6.45) is 3.05. The van der Waals surface area contributed by atoms with E-state index in [9.17, 15) is 14.4 Å². The van der Waals surface area contributed by atoms with Crippen LogP contribution in [0.4, 0.5) is 4.79 Å². The van der Waals surface area contributed by atoms with Crippen LogP contribution in [0, 0.1) is 6.92 Å². The molecule has 1 saturated heterocycles. The Kier molecular flexibility index (Phi) is 6.43. The number of primary amides is 1. The predicted molar refractivity (Wildman–Crippen MR) is 108 cm³/mol. The Labute approximate surface area is 169 Å². The van der Waals surface area contributed by atoms with E-state index in [0.717, 1.165) is 11.3 Å². The average Bonchev–Trinajstić information content (AvgIpc) is 2.72. The third-order valence-corrected chi connectivity index (χ3v) is 4.95. The van der Waals surface area contributed by atoms with E-state index < -0.39 is 5.91 Å². The van der Waals surface area contributed by atoms with E-state index >= 15 is 0 Å². The summed E-state index contributed by atoms with van der Waals surface area (Å²) >= 11 is 0. The van der Waals surface area contributed by atoms with Gasteiger partial charge in [-0.1, -0.05) is 12.1 Å². The Morgan fingerprint density at radius 3 is 2.41 bits per heavy atom. The molecule has 4 amide bonds. The Morgan fingerprint density at radius 1 is 1.10 bits per heavy atom. The SMILES string of the molecule is Cc1cc(C(=O)N2CCC(NC(=O)NCc3ccc(C(N)=O)cc3)CC2)ccn1. The summed E-state index contributed by atoms with van der Waals surface area (Å²) in [5, 5.41) is 5.76. The van der Waals surface area contributed by atoms with Crippen molar-refractivity contribution in [1.82, 2.24) is 20.5 Å². The fourth-order valence-electron chi connectivity index (χ4n) is 3.29. The highest BCUT2D eigenvalue weighted by Gasteiger charge is 2.24. The molecule has 1 aliphatic rings. The van der Waals surface area contributed by atoms with Crippen molar-refractivity contribution in [2.75, 3.05) is 13.1 Å². The number of aryl methyl sites for hydroxylation is 1. The molecule has 1 aliphatic heterocycles. The zero-order valence-corrected chi connectivity index (χ0v) is 16.4. The number of hydrogen-bond donors (Lipinski definition) is 3. The Balaban J connectivity index is 1.42. The lowest BCUT2D eigenvalue weighted by Gasteiger charge is -2.32. The number of piperidine rings is 1. The number of hydrogen-bond acceptors (Lipinski definition) is 4. The molecule has 29 heavy (non-hydrogen) atoms. The summed E-state index contributed by atoms with van der Waals surface area (Å²) in [6, 6.07) is 10.1. The molecular formula is C21H25N5O3. The van der Waals surface area contributed by atoms with Gasteiger partial charge < -0.3 is 21.3 Å². The number of likely N-dealkylation sites (tertiary alicyclic amines) is 1. The van der Waals surface area contributed by atoms with Crippen LogP contribution in [-0.2, 0) is 6.54 Å². The fourth-order valence-corrected chi connectivity index (χ4v) is 3.29. The number of nitrogens with one attached hydrogen (secondary N) is 2. The average molecular weight is 395 g/mol. The van der Waals surface area contributed by atoms with Crippen LogP contribution in [-0.4, -0.2) is 46.9 Å². The van der Waals surface area contributed by atoms with Crippen molar-refractivity contribution in [3.05, 3.63) is 65.0 Å². The van der Waals surface area contributed by atoms with E-state index in [1.807, 2.05) is 11.8 Å². The van der Waals surface area contributed by atoms with Crippen molar-refractivity contribution in [2.45, 2.75) is 32.4 Å². The lowest BCUT2D eigenvalue weighted by molar-refractivity contribution is 0.0708. The number of carbonyl (C=O) groups is 3. The van der Waals surface area contributed by atoms with Gasteiger partial charge in [-0.2, -0.15) is 0 Å². The Bertz CT molecular complexity index is 889. The Hall–Kier alpha value is -3.42. The summed E-state index contributed by atoms with van der Waals surface area (Å²) in [5.74, 6) is -0.482. The summed E-state index contributed by atoms with van der Waals surface area (Å²) < 4.78 is 0. The first kappa shape index (κ1) is 20.3. The second kappa shape index (κ2) is 9.18. The molecule has 1 aromatic carbocycles. The second-order valence-electron chi connectivity index (χ2n) is 7.14. The molecule has 152 valence electrons. The Morgan fingerprint density at radius 2 is 1.79 bits per heavy atom. The van der Waals surface area contributed by atoms with Gasteiger partial charge in [0.05, 0.1) is 0 Å². The molecule has 0 spiro atoms. The van der Waals surface area contributed by atoms with Crippen LogP contribution >= 0.6 is 0 Å². The first-order chi connectivity index (χ1) is 13.9. The lowest BCUT2D eigenvalue weighted by Crippen LogP contribution is -2.49. The van der Waals surface area contributed by atoms with Crippen molar-refractivity contribution in [3.8, 4) is 0 Å². The number of carbonyl (C=O) groups excluding carboxylic acids is 3. The normalized spacial score (nSPS) is 14.3. The van der Waals surface area contributed by atoms with Crippen molar-refractivity contribution in [1.29, 1.82) is 0 Å². The van der Waals surface area contributed by atoms with Crippen LogP contribution in [0.5, 0.6) is 0 Å². The number of nitrogens with zero attached hydrogens (tertiary/aromatic N) is 2. The number of benzene rings is 1. The number of rotatable bonds is 5. The zero-order chi connectivity index (χ0) is 20.8. The molecule has 2 aromatic rings. The molecule has 8 nitrogen and oxygen atoms in total. The van der Waals surface area contributed by atoms with Gasteiger partial charge >= 0.3 is 6.03 Å². The number of amides is 4. The van der Waals surface area contributed by atoms with Gasteiger partial charge in [0, 0.05) is 48.7 Å².